The van der Waals surface area contributed by atoms with Gasteiger partial charge in [-0.15, -0.1) is 0 Å². The molecule has 6 nitrogen and oxygen atoms in total. The second-order valence-electron chi connectivity index (χ2n) is 4.96. The van der Waals surface area contributed by atoms with E-state index in [9.17, 15) is 18.8 Å². The lowest BCUT2D eigenvalue weighted by molar-refractivity contribution is -0.128. The Morgan fingerprint density at radius 2 is 1.91 bits per heavy atom. The second kappa shape index (κ2) is 9.96. The van der Waals surface area contributed by atoms with Crippen LogP contribution in [0.15, 0.2) is 29.2 Å². The van der Waals surface area contributed by atoms with Crippen molar-refractivity contribution in [1.82, 2.24) is 10.0 Å². The highest BCUT2D eigenvalue weighted by Crippen LogP contribution is 2.14. The lowest BCUT2D eigenvalue weighted by atomic mass is 10.1. The summed E-state index contributed by atoms with van der Waals surface area (Å²) in [6, 6.07) is 6.68. The van der Waals surface area contributed by atoms with Crippen LogP contribution in [0.2, 0.25) is 0 Å². The van der Waals surface area contributed by atoms with Crippen molar-refractivity contribution in [3.63, 3.8) is 0 Å². The average molecular weight is 341 g/mol. The fourth-order valence-corrected chi connectivity index (χ4v) is 2.37. The van der Waals surface area contributed by atoms with Crippen LogP contribution in [-0.2, 0) is 14.4 Å². The molecule has 8 heteroatoms. The van der Waals surface area contributed by atoms with Crippen molar-refractivity contribution in [3.05, 3.63) is 29.8 Å². The summed E-state index contributed by atoms with van der Waals surface area (Å²) >= 11 is 1.27. The number of ketones is 1. The first-order chi connectivity index (χ1) is 10.9. The topological polar surface area (TPSA) is 101 Å². The number of hydrogen-bond acceptors (Lipinski definition) is 5. The Labute approximate surface area is 138 Å². The number of nitrogens with two attached hydrogens (primary N) is 1. The molecule has 1 rings (SSSR count). The Morgan fingerprint density at radius 1 is 1.26 bits per heavy atom. The molecular formula is C15H20FN3O3S. The Bertz CT molecular complexity index is 551. The monoisotopic (exact) mass is 341 g/mol. The number of carbonyl (C=O) groups excluding carboxylic acids is 3. The van der Waals surface area contributed by atoms with Crippen LogP contribution in [0, 0.1) is 6.92 Å². The van der Waals surface area contributed by atoms with Crippen molar-refractivity contribution in [1.29, 1.82) is 0 Å². The van der Waals surface area contributed by atoms with Gasteiger partial charge in [0, 0.05) is 11.3 Å². The van der Waals surface area contributed by atoms with E-state index in [1.165, 1.54) is 11.9 Å². The molecule has 126 valence electrons. The Morgan fingerprint density at radius 3 is 2.48 bits per heavy atom. The molecule has 0 aliphatic rings. The maximum Gasteiger partial charge on any atom is 0.235 e. The number of hydrogen-bond donors (Lipinski definition) is 3. The average Bonchev–Trinajstić information content (AvgIpc) is 2.52. The highest BCUT2D eigenvalue weighted by atomic mass is 32.2. The maximum atomic E-state index is 12.5. The summed E-state index contributed by atoms with van der Waals surface area (Å²) in [6.07, 6.45) is -0.100. The van der Waals surface area contributed by atoms with Crippen LogP contribution in [0.5, 0.6) is 0 Å². The molecule has 1 aromatic carbocycles. The minimum Gasteiger partial charge on any atom is -0.370 e. The largest absolute Gasteiger partial charge is 0.370 e. The number of rotatable bonds is 10. The Kier molecular flexibility index (Phi) is 8.28. The molecule has 0 aliphatic heterocycles. The van der Waals surface area contributed by atoms with Crippen molar-refractivity contribution in [2.75, 3.05) is 13.2 Å². The van der Waals surface area contributed by atoms with Crippen LogP contribution in [0.1, 0.15) is 18.4 Å². The van der Waals surface area contributed by atoms with Crippen LogP contribution in [-0.4, -0.2) is 36.9 Å². The quantitative estimate of drug-likeness (QED) is 0.549. The standard InChI is InChI=1S/C15H20FN3O3S/c1-10-2-4-11(5-3-10)23-18-9-15(22)19-12(13(20)8-16)6-7-14(17)21/h2-5,12,18H,6-9H2,1H3,(H2,17,21)(H,19,22). The summed E-state index contributed by atoms with van der Waals surface area (Å²) in [5.41, 5.74) is 6.13. The smallest absolute Gasteiger partial charge is 0.235 e. The van der Waals surface area contributed by atoms with E-state index in [4.69, 9.17) is 5.73 Å². The Hall–Kier alpha value is -1.93. The summed E-state index contributed by atoms with van der Waals surface area (Å²) in [5.74, 6) is -1.84. The summed E-state index contributed by atoms with van der Waals surface area (Å²) < 4.78 is 15.3. The third-order valence-electron chi connectivity index (χ3n) is 2.98. The van der Waals surface area contributed by atoms with Gasteiger partial charge in [-0.2, -0.15) is 0 Å². The van der Waals surface area contributed by atoms with E-state index >= 15 is 0 Å². The molecule has 0 spiro atoms. The van der Waals surface area contributed by atoms with E-state index in [0.717, 1.165) is 10.5 Å². The first kappa shape index (κ1) is 19.1. The van der Waals surface area contributed by atoms with Crippen LogP contribution in [0.3, 0.4) is 0 Å². The van der Waals surface area contributed by atoms with Gasteiger partial charge in [0.15, 0.2) is 5.78 Å². The van der Waals surface area contributed by atoms with E-state index < -0.39 is 30.3 Å². The van der Waals surface area contributed by atoms with Gasteiger partial charge >= 0.3 is 0 Å². The van der Waals surface area contributed by atoms with Crippen LogP contribution in [0.4, 0.5) is 4.39 Å². The van der Waals surface area contributed by atoms with Gasteiger partial charge in [0.05, 0.1) is 12.6 Å². The molecule has 0 aromatic heterocycles. The zero-order valence-electron chi connectivity index (χ0n) is 12.8. The highest BCUT2D eigenvalue weighted by molar-refractivity contribution is 7.97. The van der Waals surface area contributed by atoms with Gasteiger partial charge < -0.3 is 11.1 Å². The second-order valence-corrected chi connectivity index (χ2v) is 5.93. The van der Waals surface area contributed by atoms with Crippen LogP contribution >= 0.6 is 11.9 Å². The minimum atomic E-state index is -1.20. The fraction of sp³-hybridized carbons (Fsp3) is 0.400. The van der Waals surface area contributed by atoms with E-state index in [0.29, 0.717) is 0 Å². The van der Waals surface area contributed by atoms with E-state index in [1.807, 2.05) is 31.2 Å². The summed E-state index contributed by atoms with van der Waals surface area (Å²) in [6.45, 7) is 0.726. The van der Waals surface area contributed by atoms with Crippen molar-refractivity contribution < 1.29 is 18.8 Å². The third-order valence-corrected chi connectivity index (χ3v) is 3.78. The van der Waals surface area contributed by atoms with Crippen molar-refractivity contribution >= 4 is 29.5 Å². The molecule has 0 radical (unpaired) electrons. The summed E-state index contributed by atoms with van der Waals surface area (Å²) in [4.78, 5) is 34.9. The normalized spacial score (nSPS) is 11.7. The molecule has 0 fully saturated rings. The zero-order valence-corrected chi connectivity index (χ0v) is 13.6. The van der Waals surface area contributed by atoms with Crippen molar-refractivity contribution in [2.45, 2.75) is 30.7 Å². The molecule has 0 saturated heterocycles. The van der Waals surface area contributed by atoms with Gasteiger partial charge in [-0.1, -0.05) is 17.7 Å². The number of nitrogens with one attached hydrogen (secondary N) is 2. The highest BCUT2D eigenvalue weighted by Gasteiger charge is 2.20. The molecule has 1 unspecified atom stereocenters. The van der Waals surface area contributed by atoms with Gasteiger partial charge in [-0.25, -0.2) is 4.39 Å². The van der Waals surface area contributed by atoms with E-state index in [2.05, 4.69) is 10.0 Å². The molecule has 23 heavy (non-hydrogen) atoms. The first-order valence-electron chi connectivity index (χ1n) is 7.05. The van der Waals surface area contributed by atoms with Gasteiger partial charge in [-0.05, 0) is 37.4 Å². The molecule has 0 aliphatic carbocycles. The first-order valence-corrected chi connectivity index (χ1v) is 7.86. The third kappa shape index (κ3) is 7.75. The van der Waals surface area contributed by atoms with Gasteiger partial charge in [0.1, 0.15) is 6.67 Å². The maximum absolute atomic E-state index is 12.5. The SMILES string of the molecule is Cc1ccc(SNCC(=O)NC(CCC(N)=O)C(=O)CF)cc1. The molecule has 0 saturated carbocycles. The number of primary amides is 1. The zero-order chi connectivity index (χ0) is 17.2. The number of aryl methyl sites for hydroxylation is 1. The van der Waals surface area contributed by atoms with Crippen molar-refractivity contribution in [3.8, 4) is 0 Å². The predicted octanol–water partition coefficient (Wildman–Crippen LogP) is 0.881. The summed E-state index contributed by atoms with van der Waals surface area (Å²) in [5, 5.41) is 2.41. The van der Waals surface area contributed by atoms with Crippen LogP contribution in [0.25, 0.3) is 0 Å². The van der Waals surface area contributed by atoms with Crippen LogP contribution < -0.4 is 15.8 Å². The van der Waals surface area contributed by atoms with Gasteiger partial charge in [-0.3, -0.25) is 19.1 Å². The fourth-order valence-electron chi connectivity index (χ4n) is 1.73. The van der Waals surface area contributed by atoms with Crippen molar-refractivity contribution in [2.24, 2.45) is 5.73 Å². The number of carbonyl (C=O) groups is 3. The molecule has 0 heterocycles. The lowest BCUT2D eigenvalue weighted by Gasteiger charge is -2.15. The van der Waals surface area contributed by atoms with E-state index in [-0.39, 0.29) is 19.4 Å². The molecular weight excluding hydrogens is 321 g/mol. The predicted molar refractivity (Wildman–Crippen MR) is 86.4 cm³/mol. The number of Topliss-reactive ketones (excluding diaryl/α,β-unsaturated/α-hetero) is 1. The number of halogens is 1. The Balaban J connectivity index is 2.40. The van der Waals surface area contributed by atoms with Gasteiger partial charge in [0.2, 0.25) is 11.8 Å². The number of alkyl halides is 1. The van der Waals surface area contributed by atoms with E-state index in [1.54, 1.807) is 0 Å². The summed E-state index contributed by atoms with van der Waals surface area (Å²) in [7, 11) is 0. The minimum absolute atomic E-state index is 0.00503. The number of benzene rings is 1. The number of amides is 2. The molecule has 4 N–H and O–H groups in total. The lowest BCUT2D eigenvalue weighted by Crippen LogP contribution is -2.44. The molecule has 2 amide bonds. The molecule has 0 bridgehead atoms. The van der Waals surface area contributed by atoms with Gasteiger partial charge in [0.25, 0.3) is 0 Å². The molecule has 1 aromatic rings. The molecule has 1 atom stereocenters.